The summed E-state index contributed by atoms with van der Waals surface area (Å²) in [6.45, 7) is 12.3. The van der Waals surface area contributed by atoms with E-state index in [1.807, 2.05) is 6.92 Å². The summed E-state index contributed by atoms with van der Waals surface area (Å²) < 4.78 is 7.80. The zero-order valence-electron chi connectivity index (χ0n) is 18.7. The molecule has 30 heavy (non-hydrogen) atoms. The maximum absolute atomic E-state index is 5.75. The van der Waals surface area contributed by atoms with Gasteiger partial charge >= 0.3 is 0 Å². The highest BCUT2D eigenvalue weighted by molar-refractivity contribution is 5.63. The summed E-state index contributed by atoms with van der Waals surface area (Å²) in [6, 6.07) is 2.13. The maximum atomic E-state index is 5.75. The lowest BCUT2D eigenvalue weighted by Gasteiger charge is -2.30. The quantitative estimate of drug-likeness (QED) is 0.664. The van der Waals surface area contributed by atoms with Crippen molar-refractivity contribution in [1.29, 1.82) is 0 Å². The summed E-state index contributed by atoms with van der Waals surface area (Å²) in [5, 5.41) is 9.13. The first-order chi connectivity index (χ1) is 14.4. The molecule has 7 heteroatoms. The van der Waals surface area contributed by atoms with Crippen molar-refractivity contribution < 1.29 is 4.52 Å². The summed E-state index contributed by atoms with van der Waals surface area (Å²) in [7, 11) is 0. The van der Waals surface area contributed by atoms with E-state index in [0.717, 1.165) is 61.3 Å². The molecule has 2 N–H and O–H groups in total. The van der Waals surface area contributed by atoms with Gasteiger partial charge in [-0.1, -0.05) is 25.9 Å². The summed E-state index contributed by atoms with van der Waals surface area (Å²) in [5.74, 6) is 1.07. The predicted octanol–water partition coefficient (Wildman–Crippen LogP) is 3.90. The highest BCUT2D eigenvalue weighted by Gasteiger charge is 2.32. The summed E-state index contributed by atoms with van der Waals surface area (Å²) in [4.78, 5) is 9.51. The Hall–Kier alpha value is -2.54. The molecule has 3 aromatic heterocycles. The number of hydrogen-bond donors (Lipinski definition) is 1. The Kier molecular flexibility index (Phi) is 5.49. The first kappa shape index (κ1) is 20.7. The molecular weight excluding hydrogens is 376 g/mol. The number of pyridine rings is 1. The van der Waals surface area contributed by atoms with Crippen LogP contribution in [-0.4, -0.2) is 31.4 Å². The van der Waals surface area contributed by atoms with Gasteiger partial charge < -0.3 is 10.3 Å². The van der Waals surface area contributed by atoms with E-state index in [-0.39, 0.29) is 0 Å². The molecule has 0 fully saturated rings. The number of hydrogen-bond acceptors (Lipinski definition) is 6. The van der Waals surface area contributed by atoms with Crippen LogP contribution in [-0.2, 0) is 32.2 Å². The second-order valence-corrected chi connectivity index (χ2v) is 8.97. The molecule has 3 heterocycles. The molecule has 7 nitrogen and oxygen atoms in total. The predicted molar refractivity (Wildman–Crippen MR) is 117 cm³/mol. The normalized spacial score (nSPS) is 15.4. The number of nitrogens with two attached hydrogens (primary N) is 1. The highest BCUT2D eigenvalue weighted by atomic mass is 16.5. The Morgan fingerprint density at radius 2 is 2.03 bits per heavy atom. The molecule has 3 aromatic rings. The molecule has 1 aliphatic carbocycles. The van der Waals surface area contributed by atoms with Crippen LogP contribution in [0.1, 0.15) is 62.3 Å². The van der Waals surface area contributed by atoms with Gasteiger partial charge in [0, 0.05) is 41.2 Å². The third-order valence-corrected chi connectivity index (χ3v) is 6.18. The maximum Gasteiger partial charge on any atom is 0.279 e. The second-order valence-electron chi connectivity index (χ2n) is 8.97. The Morgan fingerprint density at radius 1 is 1.23 bits per heavy atom. The van der Waals surface area contributed by atoms with Gasteiger partial charge in [-0.25, -0.2) is 0 Å². The first-order valence-corrected chi connectivity index (χ1v) is 11.0. The van der Waals surface area contributed by atoms with E-state index in [4.69, 9.17) is 25.3 Å². The van der Waals surface area contributed by atoms with Crippen molar-refractivity contribution in [3.8, 4) is 23.0 Å². The highest BCUT2D eigenvalue weighted by Crippen LogP contribution is 2.39. The van der Waals surface area contributed by atoms with Crippen LogP contribution in [0.2, 0.25) is 0 Å². The number of fused-ring (bicyclic) bond motifs is 1. The molecule has 0 saturated carbocycles. The third kappa shape index (κ3) is 3.67. The molecule has 4 rings (SSSR count). The summed E-state index contributed by atoms with van der Waals surface area (Å²) >= 11 is 0. The van der Waals surface area contributed by atoms with Crippen LogP contribution in [0.4, 0.5) is 0 Å². The smallest absolute Gasteiger partial charge is 0.279 e. The largest absolute Gasteiger partial charge is 0.332 e. The molecule has 0 spiro atoms. The molecule has 0 radical (unpaired) electrons. The van der Waals surface area contributed by atoms with Gasteiger partial charge in [-0.2, -0.15) is 10.1 Å². The van der Waals surface area contributed by atoms with Gasteiger partial charge in [-0.3, -0.25) is 9.67 Å². The van der Waals surface area contributed by atoms with E-state index in [9.17, 15) is 0 Å². The van der Waals surface area contributed by atoms with Gasteiger partial charge in [0.25, 0.3) is 5.89 Å². The van der Waals surface area contributed by atoms with Crippen molar-refractivity contribution in [2.45, 2.75) is 73.3 Å². The minimum atomic E-state index is 0.293. The average molecular weight is 409 g/mol. The zero-order chi connectivity index (χ0) is 21.5. The molecule has 1 aliphatic rings. The molecule has 0 unspecified atom stereocenters. The van der Waals surface area contributed by atoms with Crippen molar-refractivity contribution in [2.24, 2.45) is 11.1 Å². The van der Waals surface area contributed by atoms with Gasteiger partial charge in [0.05, 0.1) is 0 Å². The van der Waals surface area contributed by atoms with E-state index in [1.165, 1.54) is 16.8 Å². The monoisotopic (exact) mass is 408 g/mol. The minimum absolute atomic E-state index is 0.293. The van der Waals surface area contributed by atoms with E-state index < -0.39 is 0 Å². The number of aromatic nitrogens is 5. The summed E-state index contributed by atoms with van der Waals surface area (Å²) in [6.07, 6.45) is 4.82. The van der Waals surface area contributed by atoms with Crippen LogP contribution in [0.15, 0.2) is 10.6 Å². The van der Waals surface area contributed by atoms with E-state index in [2.05, 4.69) is 43.6 Å². The molecule has 160 valence electrons. The van der Waals surface area contributed by atoms with Crippen LogP contribution in [0, 0.1) is 12.3 Å². The topological polar surface area (TPSA) is 95.6 Å². The molecule has 0 aliphatic heterocycles. The Bertz CT molecular complexity index is 1060. The van der Waals surface area contributed by atoms with E-state index in [0.29, 0.717) is 23.7 Å². The third-order valence-electron chi connectivity index (χ3n) is 6.18. The van der Waals surface area contributed by atoms with Crippen molar-refractivity contribution in [1.82, 2.24) is 24.9 Å². The van der Waals surface area contributed by atoms with Gasteiger partial charge in [-0.05, 0) is 63.1 Å². The van der Waals surface area contributed by atoms with Crippen LogP contribution in [0.5, 0.6) is 0 Å². The standard InChI is InChI=1S/C23H32N6O/c1-6-15-12-17(14(3)25-18(15)9-11-24)21-26-22(30-28-21)20-16-8-10-23(4,5)13-19(16)29(7-2)27-20/h12H,6-11,13,24H2,1-5H3. The number of rotatable bonds is 6. The molecule has 0 atom stereocenters. The fraction of sp³-hybridized carbons (Fsp3) is 0.565. The van der Waals surface area contributed by atoms with Crippen molar-refractivity contribution in [3.05, 3.63) is 34.3 Å². The van der Waals surface area contributed by atoms with Gasteiger partial charge in [0.1, 0.15) is 0 Å². The number of aryl methyl sites for hydroxylation is 3. The van der Waals surface area contributed by atoms with Crippen LogP contribution in [0.3, 0.4) is 0 Å². The summed E-state index contributed by atoms with van der Waals surface area (Å²) in [5.41, 5.74) is 13.5. The van der Waals surface area contributed by atoms with Gasteiger partial charge in [0.2, 0.25) is 5.82 Å². The average Bonchev–Trinajstić information content (AvgIpc) is 3.32. The minimum Gasteiger partial charge on any atom is -0.332 e. The van der Waals surface area contributed by atoms with Crippen LogP contribution >= 0.6 is 0 Å². The Balaban J connectivity index is 1.74. The van der Waals surface area contributed by atoms with Crippen molar-refractivity contribution in [3.63, 3.8) is 0 Å². The van der Waals surface area contributed by atoms with Crippen molar-refractivity contribution >= 4 is 0 Å². The molecule has 0 amide bonds. The number of nitrogens with zero attached hydrogens (tertiary/aromatic N) is 5. The fourth-order valence-corrected chi connectivity index (χ4v) is 4.44. The lowest BCUT2D eigenvalue weighted by atomic mass is 9.76. The molecular formula is C23H32N6O. The molecule has 0 aromatic carbocycles. The van der Waals surface area contributed by atoms with Crippen LogP contribution < -0.4 is 5.73 Å². The van der Waals surface area contributed by atoms with Gasteiger partial charge in [0.15, 0.2) is 5.69 Å². The van der Waals surface area contributed by atoms with Crippen LogP contribution in [0.25, 0.3) is 23.0 Å². The van der Waals surface area contributed by atoms with Crippen molar-refractivity contribution in [2.75, 3.05) is 6.54 Å². The van der Waals surface area contributed by atoms with E-state index >= 15 is 0 Å². The lowest BCUT2D eigenvalue weighted by Crippen LogP contribution is -2.24. The van der Waals surface area contributed by atoms with E-state index in [1.54, 1.807) is 0 Å². The Morgan fingerprint density at radius 3 is 2.73 bits per heavy atom. The fourth-order valence-electron chi connectivity index (χ4n) is 4.44. The molecule has 0 bridgehead atoms. The lowest BCUT2D eigenvalue weighted by molar-refractivity contribution is 0.304. The SMILES string of the molecule is CCc1cc(-c2noc(-c3nn(CC)c4c3CCC(C)(C)C4)n2)c(C)nc1CCN. The zero-order valence-corrected chi connectivity index (χ0v) is 18.7. The first-order valence-electron chi connectivity index (χ1n) is 11.0. The Labute approximate surface area is 178 Å². The van der Waals surface area contributed by atoms with Gasteiger partial charge in [-0.15, -0.1) is 0 Å². The molecule has 0 saturated heterocycles. The second kappa shape index (κ2) is 7.95.